The molecule has 1 aromatic carbocycles. The molecular formula is C16H20BrNO2. The quantitative estimate of drug-likeness (QED) is 0.841. The van der Waals surface area contributed by atoms with Crippen LogP contribution in [-0.2, 0) is 16.0 Å². The molecule has 2 aromatic rings. The molecule has 0 spiro atoms. The highest BCUT2D eigenvalue weighted by molar-refractivity contribution is 9.10. The number of rotatable bonds is 4. The zero-order valence-corrected chi connectivity index (χ0v) is 13.9. The lowest BCUT2D eigenvalue weighted by Crippen LogP contribution is -2.23. The van der Waals surface area contributed by atoms with Crippen molar-refractivity contribution in [1.29, 1.82) is 0 Å². The summed E-state index contributed by atoms with van der Waals surface area (Å²) in [4.78, 5) is 14.4. The molecule has 0 aliphatic heterocycles. The maximum Gasteiger partial charge on any atom is 0.302 e. The van der Waals surface area contributed by atoms with E-state index in [-0.39, 0.29) is 11.4 Å². The van der Waals surface area contributed by atoms with Gasteiger partial charge in [0.2, 0.25) is 0 Å². The molecule has 20 heavy (non-hydrogen) atoms. The largest absolute Gasteiger partial charge is 0.465 e. The van der Waals surface area contributed by atoms with E-state index in [9.17, 15) is 4.79 Å². The minimum Gasteiger partial charge on any atom is -0.465 e. The number of fused-ring (bicyclic) bond motifs is 1. The molecule has 0 fully saturated rings. The lowest BCUT2D eigenvalue weighted by atomic mass is 9.85. The molecular weight excluding hydrogens is 318 g/mol. The van der Waals surface area contributed by atoms with Crippen LogP contribution in [0.5, 0.6) is 0 Å². The number of aromatic amines is 1. The Morgan fingerprint density at radius 1 is 1.40 bits per heavy atom. The van der Waals surface area contributed by atoms with Gasteiger partial charge in [-0.2, -0.15) is 0 Å². The Labute approximate surface area is 127 Å². The number of H-pyrrole nitrogens is 1. The lowest BCUT2D eigenvalue weighted by molar-refractivity contribution is -0.143. The third-order valence-electron chi connectivity index (χ3n) is 3.40. The van der Waals surface area contributed by atoms with Crippen molar-refractivity contribution in [2.24, 2.45) is 5.41 Å². The van der Waals surface area contributed by atoms with Gasteiger partial charge in [0, 0.05) is 33.4 Å². The molecule has 0 saturated heterocycles. The van der Waals surface area contributed by atoms with Crippen molar-refractivity contribution in [3.63, 3.8) is 0 Å². The summed E-state index contributed by atoms with van der Waals surface area (Å²) in [5.41, 5.74) is 3.52. The molecule has 0 radical (unpaired) electrons. The van der Waals surface area contributed by atoms with Crippen molar-refractivity contribution in [3.8, 4) is 0 Å². The van der Waals surface area contributed by atoms with E-state index in [0.29, 0.717) is 6.61 Å². The fourth-order valence-corrected chi connectivity index (χ4v) is 2.77. The van der Waals surface area contributed by atoms with Crippen LogP contribution in [0.4, 0.5) is 0 Å². The number of hydrogen-bond donors (Lipinski definition) is 1. The summed E-state index contributed by atoms with van der Waals surface area (Å²) < 4.78 is 6.24. The molecule has 0 saturated carbocycles. The Kier molecular flexibility index (Phi) is 4.23. The van der Waals surface area contributed by atoms with Crippen molar-refractivity contribution >= 4 is 32.8 Å². The normalized spacial score (nSPS) is 11.8. The van der Waals surface area contributed by atoms with Crippen LogP contribution in [0.25, 0.3) is 10.9 Å². The minimum absolute atomic E-state index is 0.0894. The second-order valence-corrected chi connectivity index (χ2v) is 6.96. The second kappa shape index (κ2) is 5.60. The van der Waals surface area contributed by atoms with Gasteiger partial charge in [-0.1, -0.05) is 29.8 Å². The number of carbonyl (C=O) groups excluding carboxylic acids is 1. The van der Waals surface area contributed by atoms with E-state index in [1.807, 2.05) is 6.07 Å². The van der Waals surface area contributed by atoms with Gasteiger partial charge >= 0.3 is 5.97 Å². The average molecular weight is 338 g/mol. The average Bonchev–Trinajstić information content (AvgIpc) is 2.64. The summed E-state index contributed by atoms with van der Waals surface area (Å²) in [5.74, 6) is -0.225. The topological polar surface area (TPSA) is 42.1 Å². The molecule has 1 N–H and O–H groups in total. The molecule has 1 aromatic heterocycles. The Morgan fingerprint density at radius 2 is 2.10 bits per heavy atom. The summed E-state index contributed by atoms with van der Waals surface area (Å²) >= 11 is 3.52. The summed E-state index contributed by atoms with van der Waals surface area (Å²) in [5, 5.41) is 1.23. The maximum atomic E-state index is 11.0. The molecule has 0 aliphatic rings. The zero-order chi connectivity index (χ0) is 14.9. The fourth-order valence-electron chi connectivity index (χ4n) is 2.41. The van der Waals surface area contributed by atoms with Crippen LogP contribution in [0.2, 0.25) is 0 Å². The van der Waals surface area contributed by atoms with Gasteiger partial charge in [-0.3, -0.25) is 4.79 Å². The molecule has 4 heteroatoms. The molecule has 2 rings (SSSR count). The van der Waals surface area contributed by atoms with Crippen molar-refractivity contribution < 1.29 is 9.53 Å². The Morgan fingerprint density at radius 3 is 2.75 bits per heavy atom. The highest BCUT2D eigenvalue weighted by atomic mass is 79.9. The first-order valence-electron chi connectivity index (χ1n) is 6.68. The maximum absolute atomic E-state index is 11.0. The number of hydrogen-bond acceptors (Lipinski definition) is 2. The van der Waals surface area contributed by atoms with E-state index in [1.165, 1.54) is 23.6 Å². The van der Waals surface area contributed by atoms with E-state index in [0.717, 1.165) is 16.4 Å². The molecule has 108 valence electrons. The van der Waals surface area contributed by atoms with Crippen molar-refractivity contribution in [1.82, 2.24) is 4.98 Å². The van der Waals surface area contributed by atoms with Gasteiger partial charge in [-0.15, -0.1) is 0 Å². The van der Waals surface area contributed by atoms with Crippen LogP contribution in [0.1, 0.15) is 32.0 Å². The fraction of sp³-hybridized carbons (Fsp3) is 0.438. The summed E-state index contributed by atoms with van der Waals surface area (Å²) in [6.07, 6.45) is 0.864. The van der Waals surface area contributed by atoms with Gasteiger partial charge in [0.05, 0.1) is 6.61 Å². The number of carbonyl (C=O) groups is 1. The SMILES string of the molecule is CC(=O)OCC(C)(C)Cc1c(C)[nH]c2ccc(Br)cc12. The molecule has 0 aliphatic carbocycles. The van der Waals surface area contributed by atoms with E-state index in [2.05, 4.69) is 53.8 Å². The highest BCUT2D eigenvalue weighted by Crippen LogP contribution is 2.31. The van der Waals surface area contributed by atoms with Gasteiger partial charge in [-0.05, 0) is 37.1 Å². The number of aryl methyl sites for hydroxylation is 1. The number of aromatic nitrogens is 1. The minimum atomic E-state index is -0.225. The molecule has 3 nitrogen and oxygen atoms in total. The van der Waals surface area contributed by atoms with Crippen LogP contribution in [0, 0.1) is 12.3 Å². The number of ether oxygens (including phenoxy) is 1. The molecule has 0 amide bonds. The lowest BCUT2D eigenvalue weighted by Gasteiger charge is -2.24. The zero-order valence-electron chi connectivity index (χ0n) is 12.3. The number of esters is 1. The number of benzene rings is 1. The van der Waals surface area contributed by atoms with Gasteiger partial charge in [-0.25, -0.2) is 0 Å². The predicted octanol–water partition coefficient (Wildman–Crippen LogP) is 4.37. The van der Waals surface area contributed by atoms with Crippen molar-refractivity contribution in [2.75, 3.05) is 6.61 Å². The Bertz CT molecular complexity index is 643. The molecule has 0 atom stereocenters. The first-order valence-corrected chi connectivity index (χ1v) is 7.48. The van der Waals surface area contributed by atoms with Crippen LogP contribution >= 0.6 is 15.9 Å². The summed E-state index contributed by atoms with van der Waals surface area (Å²) in [7, 11) is 0. The summed E-state index contributed by atoms with van der Waals surface area (Å²) in [6.45, 7) is 8.20. The van der Waals surface area contributed by atoms with E-state index in [1.54, 1.807) is 0 Å². The van der Waals surface area contributed by atoms with E-state index >= 15 is 0 Å². The smallest absolute Gasteiger partial charge is 0.302 e. The highest BCUT2D eigenvalue weighted by Gasteiger charge is 2.23. The van der Waals surface area contributed by atoms with Crippen molar-refractivity contribution in [2.45, 2.75) is 34.1 Å². The standard InChI is InChI=1S/C16H20BrNO2/c1-10-14(8-16(3,4)9-20-11(2)19)13-7-12(17)5-6-15(13)18-10/h5-7,18H,8-9H2,1-4H3. The first-order chi connectivity index (χ1) is 9.28. The summed E-state index contributed by atoms with van der Waals surface area (Å²) in [6, 6.07) is 6.25. The molecule has 1 heterocycles. The van der Waals surface area contributed by atoms with Gasteiger partial charge in [0.15, 0.2) is 0 Å². The van der Waals surface area contributed by atoms with E-state index in [4.69, 9.17) is 4.74 Å². The third kappa shape index (κ3) is 3.42. The molecule has 0 bridgehead atoms. The Hall–Kier alpha value is -1.29. The van der Waals surface area contributed by atoms with Gasteiger partial charge in [0.25, 0.3) is 0 Å². The van der Waals surface area contributed by atoms with Crippen LogP contribution in [0.15, 0.2) is 22.7 Å². The molecule has 0 unspecified atom stereocenters. The third-order valence-corrected chi connectivity index (χ3v) is 3.90. The Balaban J connectivity index is 2.30. The second-order valence-electron chi connectivity index (χ2n) is 6.04. The van der Waals surface area contributed by atoms with Crippen LogP contribution < -0.4 is 0 Å². The monoisotopic (exact) mass is 337 g/mol. The van der Waals surface area contributed by atoms with E-state index < -0.39 is 0 Å². The van der Waals surface area contributed by atoms with Gasteiger partial charge < -0.3 is 9.72 Å². The number of nitrogens with one attached hydrogen (secondary N) is 1. The van der Waals surface area contributed by atoms with Gasteiger partial charge in [0.1, 0.15) is 0 Å². The van der Waals surface area contributed by atoms with Crippen molar-refractivity contribution in [3.05, 3.63) is 33.9 Å². The predicted molar refractivity (Wildman–Crippen MR) is 84.9 cm³/mol. The number of halogens is 1. The first kappa shape index (κ1) is 15.1. The van der Waals surface area contributed by atoms with Crippen LogP contribution in [0.3, 0.4) is 0 Å². The van der Waals surface area contributed by atoms with Crippen LogP contribution in [-0.4, -0.2) is 17.6 Å².